The topological polar surface area (TPSA) is 58.9 Å². The highest BCUT2D eigenvalue weighted by molar-refractivity contribution is 9.10. The molecule has 132 valence electrons. The van der Waals surface area contributed by atoms with Gasteiger partial charge in [-0.3, -0.25) is 4.79 Å². The van der Waals surface area contributed by atoms with E-state index in [2.05, 4.69) is 31.7 Å². The molecule has 0 bridgehead atoms. The fourth-order valence-corrected chi connectivity index (χ4v) is 2.64. The maximum absolute atomic E-state index is 12.2. The number of rotatable bonds is 6. The zero-order chi connectivity index (χ0) is 17.0. The highest BCUT2D eigenvalue weighted by Crippen LogP contribution is 2.23. The molecule has 0 unspecified atom stereocenters. The lowest BCUT2D eigenvalue weighted by Gasteiger charge is -2.13. The van der Waals surface area contributed by atoms with Crippen molar-refractivity contribution < 1.29 is 4.79 Å². The third-order valence-electron chi connectivity index (χ3n) is 3.70. The van der Waals surface area contributed by atoms with Crippen molar-refractivity contribution in [1.82, 2.24) is 20.4 Å². The number of amides is 1. The Kier molecular flexibility index (Phi) is 7.93. The number of hydrogen-bond donors (Lipinski definition) is 2. The molecule has 0 radical (unpaired) electrons. The molecule has 0 fully saturated rings. The first kappa shape index (κ1) is 20.7. The summed E-state index contributed by atoms with van der Waals surface area (Å²) in [7, 11) is 0. The molecule has 24 heavy (non-hydrogen) atoms. The molecule has 0 saturated carbocycles. The smallest absolute Gasteiger partial charge is 0.251 e. The van der Waals surface area contributed by atoms with Crippen molar-refractivity contribution in [3.8, 4) is 5.69 Å². The predicted octanol–water partition coefficient (Wildman–Crippen LogP) is 3.40. The number of carbonyl (C=O) groups is 1. The Morgan fingerprint density at radius 2 is 1.92 bits per heavy atom. The van der Waals surface area contributed by atoms with E-state index in [0.717, 1.165) is 28.1 Å². The molecule has 2 N–H and O–H groups in total. The molecule has 1 aromatic carbocycles. The van der Waals surface area contributed by atoms with Crippen LogP contribution in [0.4, 0.5) is 0 Å². The van der Waals surface area contributed by atoms with Crippen molar-refractivity contribution in [3.63, 3.8) is 0 Å². The minimum absolute atomic E-state index is 0. The monoisotopic (exact) mass is 414 g/mol. The van der Waals surface area contributed by atoms with Crippen molar-refractivity contribution >= 4 is 34.2 Å². The average Bonchev–Trinajstić information content (AvgIpc) is 2.80. The summed E-state index contributed by atoms with van der Waals surface area (Å²) in [6.45, 7) is 9.57. The molecule has 5 nitrogen and oxygen atoms in total. The Labute approximate surface area is 157 Å². The van der Waals surface area contributed by atoms with E-state index in [0.29, 0.717) is 12.1 Å². The lowest BCUT2D eigenvalue weighted by molar-refractivity contribution is 0.0950. The van der Waals surface area contributed by atoms with E-state index < -0.39 is 0 Å². The highest BCUT2D eigenvalue weighted by atomic mass is 79.9. The number of nitrogens with zero attached hydrogens (tertiary/aromatic N) is 2. The van der Waals surface area contributed by atoms with E-state index in [9.17, 15) is 4.79 Å². The second-order valence-corrected chi connectivity index (χ2v) is 6.41. The molecular formula is C17H24BrClN4O. The molecule has 2 aromatic rings. The first-order chi connectivity index (χ1) is 10.9. The van der Waals surface area contributed by atoms with Crippen LogP contribution in [0.25, 0.3) is 5.69 Å². The summed E-state index contributed by atoms with van der Waals surface area (Å²) >= 11 is 3.53. The summed E-state index contributed by atoms with van der Waals surface area (Å²) in [5.74, 6) is -0.0594. The minimum Gasteiger partial charge on any atom is -0.350 e. The quantitative estimate of drug-likeness (QED) is 0.760. The van der Waals surface area contributed by atoms with Crippen LogP contribution in [0.2, 0.25) is 0 Å². The number of aromatic nitrogens is 2. The van der Waals surface area contributed by atoms with Gasteiger partial charge in [0.15, 0.2) is 0 Å². The number of aryl methyl sites for hydroxylation is 1. The number of likely N-dealkylation sites (N-methyl/N-ethyl adjacent to an activating group) is 1. The maximum atomic E-state index is 12.2. The third-order valence-corrected chi connectivity index (χ3v) is 4.85. The van der Waals surface area contributed by atoms with Gasteiger partial charge in [0.1, 0.15) is 0 Å². The third kappa shape index (κ3) is 4.82. The SMILES string of the molecule is CCN[C@H](C)CNC(=O)c1ccc(-n2nc(C)c(Br)c2C)cc1.Cl. The lowest BCUT2D eigenvalue weighted by atomic mass is 10.2. The molecule has 0 aliphatic carbocycles. The van der Waals surface area contributed by atoms with E-state index in [1.165, 1.54) is 0 Å². The van der Waals surface area contributed by atoms with Gasteiger partial charge < -0.3 is 10.6 Å². The first-order valence-corrected chi connectivity index (χ1v) is 8.57. The second-order valence-electron chi connectivity index (χ2n) is 5.61. The van der Waals surface area contributed by atoms with Crippen LogP contribution >= 0.6 is 28.3 Å². The van der Waals surface area contributed by atoms with Crippen LogP contribution in [0.1, 0.15) is 35.6 Å². The Balaban J connectivity index is 0.00000288. The Hall–Kier alpha value is -1.37. The number of halogens is 2. The second kappa shape index (κ2) is 9.20. The van der Waals surface area contributed by atoms with Crippen molar-refractivity contribution in [2.75, 3.05) is 13.1 Å². The fourth-order valence-electron chi connectivity index (χ4n) is 2.40. The van der Waals surface area contributed by atoms with Gasteiger partial charge >= 0.3 is 0 Å². The van der Waals surface area contributed by atoms with E-state index in [4.69, 9.17) is 0 Å². The van der Waals surface area contributed by atoms with Crippen LogP contribution in [0.3, 0.4) is 0 Å². The zero-order valence-corrected chi connectivity index (χ0v) is 16.8. The molecule has 1 amide bonds. The molecule has 0 aliphatic heterocycles. The number of benzene rings is 1. The Bertz CT molecular complexity index is 685. The molecule has 1 heterocycles. The summed E-state index contributed by atoms with van der Waals surface area (Å²) in [4.78, 5) is 12.2. The predicted molar refractivity (Wildman–Crippen MR) is 103 cm³/mol. The molecule has 1 aromatic heterocycles. The lowest BCUT2D eigenvalue weighted by Crippen LogP contribution is -2.38. The normalized spacial score (nSPS) is 11.7. The van der Waals surface area contributed by atoms with Crippen LogP contribution < -0.4 is 10.6 Å². The summed E-state index contributed by atoms with van der Waals surface area (Å²) in [6.07, 6.45) is 0. The summed E-state index contributed by atoms with van der Waals surface area (Å²) in [6, 6.07) is 7.73. The maximum Gasteiger partial charge on any atom is 0.251 e. The number of carbonyl (C=O) groups excluding carboxylic acids is 1. The zero-order valence-electron chi connectivity index (χ0n) is 14.4. The largest absolute Gasteiger partial charge is 0.350 e. The van der Waals surface area contributed by atoms with Gasteiger partial charge in [0.05, 0.1) is 21.5 Å². The summed E-state index contributed by atoms with van der Waals surface area (Å²) in [5.41, 5.74) is 3.58. The van der Waals surface area contributed by atoms with Crippen molar-refractivity contribution in [1.29, 1.82) is 0 Å². The van der Waals surface area contributed by atoms with Gasteiger partial charge in [0.2, 0.25) is 0 Å². The molecule has 1 atom stereocenters. The van der Waals surface area contributed by atoms with E-state index in [-0.39, 0.29) is 24.4 Å². The van der Waals surface area contributed by atoms with Crippen molar-refractivity contribution in [2.24, 2.45) is 0 Å². The molecular weight excluding hydrogens is 392 g/mol. The highest BCUT2D eigenvalue weighted by Gasteiger charge is 2.11. The van der Waals surface area contributed by atoms with Gasteiger partial charge in [-0.2, -0.15) is 5.10 Å². The first-order valence-electron chi connectivity index (χ1n) is 7.77. The molecule has 0 saturated heterocycles. The minimum atomic E-state index is -0.0594. The fraction of sp³-hybridized carbons (Fsp3) is 0.412. The van der Waals surface area contributed by atoms with E-state index >= 15 is 0 Å². The van der Waals surface area contributed by atoms with Crippen molar-refractivity contribution in [2.45, 2.75) is 33.7 Å². The molecule has 0 aliphatic rings. The standard InChI is InChI=1S/C17H23BrN4O.ClH/c1-5-19-11(2)10-20-17(23)14-6-8-15(9-7-14)22-13(4)16(18)12(3)21-22;/h6-9,11,19H,5,10H2,1-4H3,(H,20,23);1H/t11-;/m1./s1. The van der Waals surface area contributed by atoms with Gasteiger partial charge in [-0.15, -0.1) is 12.4 Å². The molecule has 0 spiro atoms. The number of hydrogen-bond acceptors (Lipinski definition) is 3. The van der Waals surface area contributed by atoms with E-state index in [1.807, 2.05) is 56.6 Å². The Morgan fingerprint density at radius 3 is 2.42 bits per heavy atom. The van der Waals surface area contributed by atoms with Gasteiger partial charge in [-0.05, 0) is 67.5 Å². The Morgan fingerprint density at radius 1 is 1.29 bits per heavy atom. The van der Waals surface area contributed by atoms with Gasteiger partial charge in [0.25, 0.3) is 5.91 Å². The average molecular weight is 416 g/mol. The summed E-state index contributed by atoms with van der Waals surface area (Å²) in [5, 5.41) is 10.7. The van der Waals surface area contributed by atoms with Gasteiger partial charge in [0, 0.05) is 18.2 Å². The van der Waals surface area contributed by atoms with Crippen LogP contribution in [-0.4, -0.2) is 34.8 Å². The van der Waals surface area contributed by atoms with Gasteiger partial charge in [-0.25, -0.2) is 4.68 Å². The van der Waals surface area contributed by atoms with E-state index in [1.54, 1.807) is 0 Å². The number of nitrogens with one attached hydrogen (secondary N) is 2. The van der Waals surface area contributed by atoms with Gasteiger partial charge in [-0.1, -0.05) is 6.92 Å². The van der Waals surface area contributed by atoms with Crippen LogP contribution in [0.15, 0.2) is 28.7 Å². The summed E-state index contributed by atoms with van der Waals surface area (Å²) < 4.78 is 2.88. The van der Waals surface area contributed by atoms with Crippen LogP contribution in [0, 0.1) is 13.8 Å². The van der Waals surface area contributed by atoms with Crippen LogP contribution in [0.5, 0.6) is 0 Å². The molecule has 2 rings (SSSR count). The van der Waals surface area contributed by atoms with Crippen molar-refractivity contribution in [3.05, 3.63) is 45.7 Å². The van der Waals surface area contributed by atoms with Crippen LogP contribution in [-0.2, 0) is 0 Å². The molecule has 7 heteroatoms.